The molecule has 24 heavy (non-hydrogen) atoms. The van der Waals surface area contributed by atoms with Gasteiger partial charge in [0.05, 0.1) is 6.20 Å². The predicted molar refractivity (Wildman–Crippen MR) is 94.6 cm³/mol. The van der Waals surface area contributed by atoms with Gasteiger partial charge >= 0.3 is 0 Å². The monoisotopic (exact) mass is 317 g/mol. The molecule has 1 unspecified atom stereocenters. The molecule has 3 aromatic rings. The summed E-state index contributed by atoms with van der Waals surface area (Å²) in [4.78, 5) is 15.3. The summed E-state index contributed by atoms with van der Waals surface area (Å²) >= 11 is 0. The fourth-order valence-corrected chi connectivity index (χ4v) is 3.82. The Hall–Kier alpha value is -2.68. The molecule has 1 aromatic heterocycles. The minimum Gasteiger partial charge on any atom is -0.452 e. The van der Waals surface area contributed by atoms with Crippen LogP contribution < -0.4 is 0 Å². The van der Waals surface area contributed by atoms with E-state index in [1.54, 1.807) is 6.20 Å². The molecule has 0 amide bonds. The lowest BCUT2D eigenvalue weighted by Gasteiger charge is -2.33. The van der Waals surface area contributed by atoms with Crippen molar-refractivity contribution in [3.8, 4) is 0 Å². The number of fused-ring (bicyclic) bond motifs is 5. The summed E-state index contributed by atoms with van der Waals surface area (Å²) in [6, 6.07) is 12.9. The first-order valence-corrected chi connectivity index (χ1v) is 8.36. The van der Waals surface area contributed by atoms with Crippen LogP contribution in [0.3, 0.4) is 0 Å². The molecule has 0 bridgehead atoms. The zero-order valence-electron chi connectivity index (χ0n) is 13.4. The molecule has 0 N–H and O–H groups in total. The zero-order valence-corrected chi connectivity index (χ0v) is 13.4. The highest BCUT2D eigenvalue weighted by Crippen LogP contribution is 2.44. The molecule has 2 aromatic carbocycles. The number of oxazole rings is 1. The second-order valence-electron chi connectivity index (χ2n) is 6.38. The summed E-state index contributed by atoms with van der Waals surface area (Å²) in [6.45, 7) is 0. The van der Waals surface area contributed by atoms with Crippen molar-refractivity contribution >= 4 is 22.6 Å². The molecule has 3 nitrogen and oxygen atoms in total. The molecule has 2 aliphatic carbocycles. The topological polar surface area (TPSA) is 43.1 Å². The molecule has 2 aliphatic rings. The second-order valence-corrected chi connectivity index (χ2v) is 6.38. The third-order valence-corrected chi connectivity index (χ3v) is 4.98. The van der Waals surface area contributed by atoms with E-state index in [0.29, 0.717) is 17.6 Å². The molecule has 0 aliphatic heterocycles. The smallest absolute Gasteiger partial charge is 0.180 e. The van der Waals surface area contributed by atoms with E-state index < -0.39 is 0 Å². The van der Waals surface area contributed by atoms with Gasteiger partial charge in [0.2, 0.25) is 0 Å². The van der Waals surface area contributed by atoms with E-state index in [-0.39, 0.29) is 0 Å². The number of allylic oxidation sites excluding steroid dienone is 1. The molecule has 0 saturated heterocycles. The van der Waals surface area contributed by atoms with Gasteiger partial charge in [0.15, 0.2) is 6.39 Å². The summed E-state index contributed by atoms with van der Waals surface area (Å²) in [7, 11) is 0. The maximum absolute atomic E-state index is 11.8. The SMILES string of the molecule is O=C1CCC2C=Cc3c(ccc4ccccc34)[C@@H]2C1.c1cocn1. The van der Waals surface area contributed by atoms with E-state index in [1.807, 2.05) is 0 Å². The van der Waals surface area contributed by atoms with Crippen molar-refractivity contribution in [1.29, 1.82) is 0 Å². The van der Waals surface area contributed by atoms with Crippen molar-refractivity contribution in [2.75, 3.05) is 0 Å². The summed E-state index contributed by atoms with van der Waals surface area (Å²) in [5.41, 5.74) is 2.70. The van der Waals surface area contributed by atoms with E-state index in [0.717, 1.165) is 19.3 Å². The number of rotatable bonds is 0. The Kier molecular flexibility index (Phi) is 3.99. The average Bonchev–Trinajstić information content (AvgIpc) is 3.21. The first-order valence-electron chi connectivity index (χ1n) is 8.36. The highest BCUT2D eigenvalue weighted by Gasteiger charge is 2.32. The van der Waals surface area contributed by atoms with Crippen molar-refractivity contribution in [3.63, 3.8) is 0 Å². The van der Waals surface area contributed by atoms with Gasteiger partial charge in [-0.1, -0.05) is 48.6 Å². The Morgan fingerprint density at radius 3 is 2.83 bits per heavy atom. The van der Waals surface area contributed by atoms with E-state index in [1.165, 1.54) is 34.6 Å². The van der Waals surface area contributed by atoms with Crippen molar-refractivity contribution in [3.05, 3.63) is 72.5 Å². The van der Waals surface area contributed by atoms with E-state index in [4.69, 9.17) is 0 Å². The number of ketones is 1. The van der Waals surface area contributed by atoms with Crippen molar-refractivity contribution < 1.29 is 9.21 Å². The lowest BCUT2D eigenvalue weighted by atomic mass is 9.70. The fraction of sp³-hybridized carbons (Fsp3) is 0.238. The first kappa shape index (κ1) is 14.9. The van der Waals surface area contributed by atoms with E-state index in [9.17, 15) is 4.79 Å². The zero-order chi connectivity index (χ0) is 16.4. The Bertz CT molecular complexity index is 863. The quantitative estimate of drug-likeness (QED) is 0.586. The number of Topliss-reactive ketones (excluding diaryl/α,β-unsaturated/α-hetero) is 1. The van der Waals surface area contributed by atoms with Gasteiger partial charge in [-0.05, 0) is 40.2 Å². The van der Waals surface area contributed by atoms with Crippen molar-refractivity contribution in [2.24, 2.45) is 5.92 Å². The molecule has 2 atom stereocenters. The van der Waals surface area contributed by atoms with Crippen LogP contribution in [0.4, 0.5) is 0 Å². The molecule has 1 fully saturated rings. The Balaban J connectivity index is 0.000000252. The van der Waals surface area contributed by atoms with Gasteiger partial charge in [-0.25, -0.2) is 4.98 Å². The molecule has 120 valence electrons. The minimum absolute atomic E-state index is 0.408. The maximum Gasteiger partial charge on any atom is 0.180 e. The normalized spacial score (nSPS) is 21.6. The van der Waals surface area contributed by atoms with Crippen molar-refractivity contribution in [1.82, 2.24) is 4.98 Å². The molecular weight excluding hydrogens is 298 g/mol. The van der Waals surface area contributed by atoms with E-state index in [2.05, 4.69) is 58.0 Å². The van der Waals surface area contributed by atoms with Gasteiger partial charge < -0.3 is 4.42 Å². The molecular formula is C21H19NO2. The number of benzene rings is 2. The molecule has 3 heteroatoms. The van der Waals surface area contributed by atoms with Gasteiger partial charge in [-0.15, -0.1) is 0 Å². The minimum atomic E-state index is 0.408. The summed E-state index contributed by atoms with van der Waals surface area (Å²) in [6.07, 6.45) is 11.6. The second kappa shape index (κ2) is 6.44. The molecule has 1 heterocycles. The van der Waals surface area contributed by atoms with Crippen LogP contribution in [0.2, 0.25) is 0 Å². The van der Waals surface area contributed by atoms with Crippen LogP contribution in [0.5, 0.6) is 0 Å². The number of carbonyl (C=O) groups excluding carboxylic acids is 1. The van der Waals surface area contributed by atoms with Crippen LogP contribution in [-0.4, -0.2) is 10.8 Å². The number of hydrogen-bond donors (Lipinski definition) is 0. The Labute approximate surface area is 141 Å². The molecule has 0 radical (unpaired) electrons. The van der Waals surface area contributed by atoms with E-state index >= 15 is 0 Å². The van der Waals surface area contributed by atoms with Gasteiger partial charge in [0.25, 0.3) is 0 Å². The van der Waals surface area contributed by atoms with Crippen LogP contribution in [-0.2, 0) is 4.79 Å². The lowest BCUT2D eigenvalue weighted by molar-refractivity contribution is -0.121. The van der Waals surface area contributed by atoms with Crippen LogP contribution >= 0.6 is 0 Å². The Morgan fingerprint density at radius 1 is 1.12 bits per heavy atom. The first-order chi connectivity index (χ1) is 11.8. The van der Waals surface area contributed by atoms with Gasteiger partial charge in [0.1, 0.15) is 12.0 Å². The molecule has 0 spiro atoms. The van der Waals surface area contributed by atoms with Crippen LogP contribution in [0.1, 0.15) is 36.3 Å². The third-order valence-electron chi connectivity index (χ3n) is 4.98. The van der Waals surface area contributed by atoms with Crippen LogP contribution in [0.15, 0.2) is 65.7 Å². The van der Waals surface area contributed by atoms with Gasteiger partial charge in [-0.3, -0.25) is 4.79 Å². The standard InChI is InChI=1S/C18H16O.C3H3NO/c19-14-8-5-13-7-9-16-15-4-2-1-3-12(15)6-10-17(16)18(13)11-14;1-2-5-3-4-1/h1-4,6-7,9-10,13,18H,5,8,11H2;1-3H/t13?,18-;/m1./s1. The summed E-state index contributed by atoms with van der Waals surface area (Å²) in [5, 5.41) is 2.60. The van der Waals surface area contributed by atoms with Crippen LogP contribution in [0, 0.1) is 5.92 Å². The maximum atomic E-state index is 11.8. The highest BCUT2D eigenvalue weighted by molar-refractivity contribution is 5.93. The molecule has 5 rings (SSSR count). The van der Waals surface area contributed by atoms with Crippen molar-refractivity contribution in [2.45, 2.75) is 25.2 Å². The third kappa shape index (κ3) is 2.78. The van der Waals surface area contributed by atoms with Gasteiger partial charge in [-0.2, -0.15) is 0 Å². The number of nitrogens with zero attached hydrogens (tertiary/aromatic N) is 1. The largest absolute Gasteiger partial charge is 0.452 e. The summed E-state index contributed by atoms with van der Waals surface area (Å²) < 4.78 is 4.47. The summed E-state index contributed by atoms with van der Waals surface area (Å²) in [5.74, 6) is 1.40. The molecule has 1 saturated carbocycles. The van der Waals surface area contributed by atoms with Gasteiger partial charge in [0, 0.05) is 12.8 Å². The number of carbonyl (C=O) groups is 1. The lowest BCUT2D eigenvalue weighted by Crippen LogP contribution is -2.24. The predicted octanol–water partition coefficient (Wildman–Crippen LogP) is 4.99. The average molecular weight is 317 g/mol. The number of aromatic nitrogens is 1. The fourth-order valence-electron chi connectivity index (χ4n) is 3.82. The highest BCUT2D eigenvalue weighted by atomic mass is 16.3. The number of hydrogen-bond acceptors (Lipinski definition) is 3. The Morgan fingerprint density at radius 2 is 2.04 bits per heavy atom. The van der Waals surface area contributed by atoms with Crippen LogP contribution in [0.25, 0.3) is 16.8 Å².